The van der Waals surface area contributed by atoms with Crippen molar-refractivity contribution in [3.63, 3.8) is 0 Å². The van der Waals surface area contributed by atoms with Gasteiger partial charge in [0.05, 0.1) is 12.7 Å². The zero-order valence-electron chi connectivity index (χ0n) is 20.4. The van der Waals surface area contributed by atoms with Crippen LogP contribution in [0.5, 0.6) is 0 Å². The molecule has 0 saturated carbocycles. The van der Waals surface area contributed by atoms with Crippen molar-refractivity contribution < 1.29 is 32.9 Å². The van der Waals surface area contributed by atoms with Crippen LogP contribution in [0.1, 0.15) is 40.8 Å². The lowest BCUT2D eigenvalue weighted by Crippen LogP contribution is -2.47. The van der Waals surface area contributed by atoms with Crippen LogP contribution < -0.4 is 22.1 Å². The van der Waals surface area contributed by atoms with Crippen molar-refractivity contribution in [3.8, 4) is 0 Å². The minimum absolute atomic E-state index is 0.250. The normalized spacial score (nSPS) is 26.6. The van der Waals surface area contributed by atoms with Gasteiger partial charge in [-0.25, -0.2) is 9.88 Å². The van der Waals surface area contributed by atoms with Crippen LogP contribution in [0, 0.1) is 5.92 Å². The first-order valence-corrected chi connectivity index (χ1v) is 13.6. The highest BCUT2D eigenvalue weighted by molar-refractivity contribution is 9.10. The largest absolute Gasteiger partial charge is 0.462 e. The van der Waals surface area contributed by atoms with E-state index in [1.807, 2.05) is 0 Å². The lowest BCUT2D eigenvalue weighted by molar-refractivity contribution is -0.155. The van der Waals surface area contributed by atoms with E-state index in [2.05, 4.69) is 26.0 Å². The number of hydrogen-bond donors (Lipinski definition) is 3. The standard InChI is InChI=1S/C20H31BrClN4O9P/c1-9(2)14(23)17(29)35-15-12(8-32-36(31)25-11(5)16(28)33-10(3)4)34-18(20(15,21)22)26-7-6-13(27)24-19(26)30/h6-7,9-12,14-15,18,36H,8,23H2,1-5H3,(H,25,31)(H,24,27,30)/t11-,12+,14?,15+,18+,20-/m0/s1. The van der Waals surface area contributed by atoms with Gasteiger partial charge in [-0.1, -0.05) is 41.4 Å². The van der Waals surface area contributed by atoms with Crippen LogP contribution in [0.15, 0.2) is 21.9 Å². The zero-order valence-corrected chi connectivity index (χ0v) is 23.7. The summed E-state index contributed by atoms with van der Waals surface area (Å²) >= 11 is 9.96. The van der Waals surface area contributed by atoms with Gasteiger partial charge in [0.15, 0.2) is 16.1 Å². The number of nitrogens with two attached hydrogens (primary N) is 1. The van der Waals surface area contributed by atoms with E-state index in [-0.39, 0.29) is 12.0 Å². The van der Waals surface area contributed by atoms with Crippen molar-refractivity contribution in [2.45, 2.75) is 75.0 Å². The quantitative estimate of drug-likeness (QED) is 0.183. The third-order valence-electron chi connectivity index (χ3n) is 5.11. The number of H-pyrrole nitrogens is 1. The molecule has 1 fully saturated rings. The summed E-state index contributed by atoms with van der Waals surface area (Å²) in [6, 6.07) is -0.809. The number of halogens is 2. The Labute approximate surface area is 221 Å². The first-order valence-electron chi connectivity index (χ1n) is 11.1. The summed E-state index contributed by atoms with van der Waals surface area (Å²) in [5, 5.41) is 2.50. The number of aromatic nitrogens is 2. The predicted molar refractivity (Wildman–Crippen MR) is 134 cm³/mol. The number of rotatable bonds is 11. The van der Waals surface area contributed by atoms with E-state index in [0.717, 1.165) is 10.6 Å². The lowest BCUT2D eigenvalue weighted by atomic mass is 10.1. The molecule has 7 atom stereocenters. The number of nitrogens with zero attached hydrogens (tertiary/aromatic N) is 1. The maximum Gasteiger partial charge on any atom is 0.330 e. The number of alkyl halides is 2. The van der Waals surface area contributed by atoms with Gasteiger partial charge in [-0.05, 0) is 26.7 Å². The molecule has 1 aromatic rings. The summed E-state index contributed by atoms with van der Waals surface area (Å²) in [6.07, 6.45) is -2.85. The Morgan fingerprint density at radius 1 is 1.31 bits per heavy atom. The number of ether oxygens (including phenoxy) is 3. The number of esters is 2. The topological polar surface area (TPSA) is 181 Å². The first kappa shape index (κ1) is 30.7. The van der Waals surface area contributed by atoms with Crippen LogP contribution in [-0.2, 0) is 32.9 Å². The number of aromatic amines is 1. The molecule has 16 heteroatoms. The number of carbonyl (C=O) groups excluding carboxylic acids is 2. The molecule has 1 aliphatic heterocycles. The fourth-order valence-corrected chi connectivity index (χ4v) is 5.03. The molecule has 204 valence electrons. The molecule has 1 aliphatic rings. The summed E-state index contributed by atoms with van der Waals surface area (Å²) in [4.78, 5) is 50.5. The van der Waals surface area contributed by atoms with Crippen molar-refractivity contribution in [2.24, 2.45) is 11.7 Å². The Hall–Kier alpha value is -1.54. The molecule has 0 aliphatic carbocycles. The lowest BCUT2D eigenvalue weighted by Gasteiger charge is -2.28. The van der Waals surface area contributed by atoms with Crippen molar-refractivity contribution in [2.75, 3.05) is 6.61 Å². The molecule has 1 saturated heterocycles. The van der Waals surface area contributed by atoms with Crippen LogP contribution in [0.3, 0.4) is 0 Å². The molecule has 0 radical (unpaired) electrons. The summed E-state index contributed by atoms with van der Waals surface area (Å²) in [6.45, 7) is 7.87. The fourth-order valence-electron chi connectivity index (χ4n) is 3.11. The van der Waals surface area contributed by atoms with Gasteiger partial charge in [0.25, 0.3) is 13.7 Å². The van der Waals surface area contributed by atoms with E-state index in [0.29, 0.717) is 0 Å². The summed E-state index contributed by atoms with van der Waals surface area (Å²) in [5.41, 5.74) is 4.44. The van der Waals surface area contributed by atoms with E-state index in [1.165, 1.54) is 13.1 Å². The predicted octanol–water partition coefficient (Wildman–Crippen LogP) is 0.995. The Balaban J connectivity index is 2.23. The van der Waals surface area contributed by atoms with Crippen molar-refractivity contribution in [1.29, 1.82) is 0 Å². The molecule has 2 heterocycles. The minimum Gasteiger partial charge on any atom is -0.462 e. The maximum atomic E-state index is 12.6. The molecule has 0 spiro atoms. The number of hydrogen-bond acceptors (Lipinski definition) is 10. The van der Waals surface area contributed by atoms with Crippen LogP contribution >= 0.6 is 35.7 Å². The average Bonchev–Trinajstić information content (AvgIpc) is 3.00. The Kier molecular flexibility index (Phi) is 10.9. The highest BCUT2D eigenvalue weighted by Crippen LogP contribution is 2.49. The Bertz CT molecular complexity index is 1080. The second kappa shape index (κ2) is 12.8. The monoisotopic (exact) mass is 616 g/mol. The van der Waals surface area contributed by atoms with Crippen molar-refractivity contribution >= 4 is 47.6 Å². The van der Waals surface area contributed by atoms with E-state index in [9.17, 15) is 23.7 Å². The van der Waals surface area contributed by atoms with Gasteiger partial charge >= 0.3 is 17.6 Å². The molecular formula is C20H31BrClN4O9P. The van der Waals surface area contributed by atoms with Gasteiger partial charge in [0.1, 0.15) is 18.2 Å². The van der Waals surface area contributed by atoms with Gasteiger partial charge in [0.2, 0.25) is 0 Å². The number of carbonyl (C=O) groups is 2. The third kappa shape index (κ3) is 7.73. The molecule has 0 amide bonds. The summed E-state index contributed by atoms with van der Waals surface area (Å²) in [5.74, 6) is -1.64. The van der Waals surface area contributed by atoms with Crippen molar-refractivity contribution in [1.82, 2.24) is 14.6 Å². The van der Waals surface area contributed by atoms with Gasteiger partial charge in [-0.3, -0.25) is 28.5 Å². The molecule has 4 N–H and O–H groups in total. The highest BCUT2D eigenvalue weighted by atomic mass is 79.9. The van der Waals surface area contributed by atoms with Gasteiger partial charge in [-0.15, -0.1) is 0 Å². The van der Waals surface area contributed by atoms with Gasteiger partial charge in [0, 0.05) is 12.3 Å². The Morgan fingerprint density at radius 3 is 2.50 bits per heavy atom. The molecule has 0 aromatic carbocycles. The second-order valence-corrected chi connectivity index (χ2v) is 12.3. The molecular weight excluding hydrogens is 587 g/mol. The average molecular weight is 618 g/mol. The molecule has 13 nitrogen and oxygen atoms in total. The van der Waals surface area contributed by atoms with Crippen LogP contribution in [0.2, 0.25) is 0 Å². The SMILES string of the molecule is CC(C)OC(=O)[C@H](C)N[PH](=O)OC[C@H]1O[C@@H](n2ccc(=O)[nH]c2=O)[C@](Cl)(Br)[C@@H]1OC(=O)C(N)C(C)C. The van der Waals surface area contributed by atoms with E-state index in [4.69, 9.17) is 36.1 Å². The van der Waals surface area contributed by atoms with Gasteiger partial charge in [-0.2, -0.15) is 0 Å². The molecule has 36 heavy (non-hydrogen) atoms. The Morgan fingerprint density at radius 2 is 1.94 bits per heavy atom. The maximum absolute atomic E-state index is 12.6. The smallest absolute Gasteiger partial charge is 0.330 e. The molecule has 0 bridgehead atoms. The summed E-state index contributed by atoms with van der Waals surface area (Å²) < 4.78 is 33.6. The molecule has 2 unspecified atom stereocenters. The molecule has 1 aromatic heterocycles. The fraction of sp³-hybridized carbons (Fsp3) is 0.700. The van der Waals surface area contributed by atoms with E-state index >= 15 is 0 Å². The number of nitrogens with one attached hydrogen (secondary N) is 2. The van der Waals surface area contributed by atoms with Crippen LogP contribution in [0.4, 0.5) is 0 Å². The van der Waals surface area contributed by atoms with Gasteiger partial charge < -0.3 is 24.5 Å². The highest BCUT2D eigenvalue weighted by Gasteiger charge is 2.58. The van der Waals surface area contributed by atoms with Crippen molar-refractivity contribution in [3.05, 3.63) is 33.1 Å². The summed E-state index contributed by atoms with van der Waals surface area (Å²) in [7, 11) is -2.99. The second-order valence-electron chi connectivity index (χ2n) is 8.80. The molecule has 2 rings (SSSR count). The zero-order chi connectivity index (χ0) is 27.4. The minimum atomic E-state index is -2.99. The van der Waals surface area contributed by atoms with Crippen LogP contribution in [0.25, 0.3) is 0 Å². The third-order valence-corrected chi connectivity index (χ3v) is 7.45. The van der Waals surface area contributed by atoms with Crippen LogP contribution in [-0.4, -0.2) is 62.3 Å². The van der Waals surface area contributed by atoms with E-state index in [1.54, 1.807) is 27.7 Å². The first-order chi connectivity index (χ1) is 16.6. The van der Waals surface area contributed by atoms with E-state index < -0.39 is 72.3 Å².